The van der Waals surface area contributed by atoms with Gasteiger partial charge in [-0.05, 0) is 18.2 Å². The molecule has 2 rings (SSSR count). The van der Waals surface area contributed by atoms with E-state index >= 15 is 0 Å². The zero-order chi connectivity index (χ0) is 15.2. The largest absolute Gasteiger partial charge is 0.464 e. The third kappa shape index (κ3) is 3.86. The van der Waals surface area contributed by atoms with Crippen molar-refractivity contribution in [1.29, 1.82) is 0 Å². The number of aromatic amines is 1. The fourth-order valence-electron chi connectivity index (χ4n) is 1.89. The van der Waals surface area contributed by atoms with Gasteiger partial charge >= 0.3 is 5.97 Å². The van der Waals surface area contributed by atoms with Crippen LogP contribution >= 0.6 is 0 Å². The lowest BCUT2D eigenvalue weighted by molar-refractivity contribution is -0.118. The van der Waals surface area contributed by atoms with E-state index in [2.05, 4.69) is 26.9 Å². The molecule has 2 aromatic rings. The lowest BCUT2D eigenvalue weighted by atomic mass is 10.1. The molecule has 108 valence electrons. The Hall–Kier alpha value is -2.74. The van der Waals surface area contributed by atoms with Gasteiger partial charge in [0.15, 0.2) is 0 Å². The van der Waals surface area contributed by atoms with Gasteiger partial charge in [0.25, 0.3) is 0 Å². The van der Waals surface area contributed by atoms with Crippen molar-refractivity contribution in [1.82, 2.24) is 10.3 Å². The second-order valence-corrected chi connectivity index (χ2v) is 4.51. The number of methoxy groups -OCH3 is 1. The van der Waals surface area contributed by atoms with Crippen LogP contribution in [0.5, 0.6) is 0 Å². The van der Waals surface area contributed by atoms with Crippen LogP contribution in [0.25, 0.3) is 10.9 Å². The second kappa shape index (κ2) is 6.62. The highest BCUT2D eigenvalue weighted by atomic mass is 16.5. The minimum absolute atomic E-state index is 0.0556. The third-order valence-electron chi connectivity index (χ3n) is 2.88. The molecule has 0 fully saturated rings. The van der Waals surface area contributed by atoms with Crippen LogP contribution in [-0.2, 0) is 9.53 Å². The molecule has 0 bridgehead atoms. The van der Waals surface area contributed by atoms with E-state index in [-0.39, 0.29) is 5.91 Å². The van der Waals surface area contributed by atoms with Crippen molar-refractivity contribution in [2.24, 2.45) is 0 Å². The topological polar surface area (TPSA) is 71.2 Å². The highest BCUT2D eigenvalue weighted by molar-refractivity contribution is 5.95. The summed E-state index contributed by atoms with van der Waals surface area (Å²) in [5.41, 5.74) is 2.11. The molecule has 5 nitrogen and oxygen atoms in total. The second-order valence-electron chi connectivity index (χ2n) is 4.51. The maximum absolute atomic E-state index is 11.5. The number of esters is 1. The normalized spacial score (nSPS) is 9.81. The van der Waals surface area contributed by atoms with Crippen molar-refractivity contribution < 1.29 is 14.3 Å². The predicted octanol–water partition coefficient (Wildman–Crippen LogP) is 1.83. The summed E-state index contributed by atoms with van der Waals surface area (Å²) >= 11 is 0. The SMILES string of the molecule is COC(=O)c1cc2ccc(C#CCCNC(C)=O)cc2[nH]1. The molecule has 0 unspecified atom stereocenters. The number of ether oxygens (including phenoxy) is 1. The summed E-state index contributed by atoms with van der Waals surface area (Å²) in [5.74, 6) is 5.57. The van der Waals surface area contributed by atoms with Crippen LogP contribution < -0.4 is 5.32 Å². The molecule has 1 amide bonds. The highest BCUT2D eigenvalue weighted by Gasteiger charge is 2.08. The summed E-state index contributed by atoms with van der Waals surface area (Å²) in [6.07, 6.45) is 0.593. The van der Waals surface area contributed by atoms with Crippen LogP contribution in [0.4, 0.5) is 0 Å². The first kappa shape index (κ1) is 14.7. The van der Waals surface area contributed by atoms with E-state index in [0.29, 0.717) is 18.7 Å². The number of aromatic nitrogens is 1. The molecular weight excluding hydrogens is 268 g/mol. The molecule has 0 spiro atoms. The van der Waals surface area contributed by atoms with Crippen molar-refractivity contribution in [3.8, 4) is 11.8 Å². The van der Waals surface area contributed by atoms with Gasteiger partial charge in [-0.2, -0.15) is 0 Å². The standard InChI is InChI=1S/C16H16N2O3/c1-11(19)17-8-4-3-5-12-6-7-13-10-15(16(20)21-2)18-14(13)9-12/h6-7,9-10,18H,4,8H2,1-2H3,(H,17,19). The van der Waals surface area contributed by atoms with Crippen LogP contribution in [0.15, 0.2) is 24.3 Å². The molecule has 0 atom stereocenters. The highest BCUT2D eigenvalue weighted by Crippen LogP contribution is 2.17. The molecular formula is C16H16N2O3. The number of hydrogen-bond donors (Lipinski definition) is 2. The fourth-order valence-corrected chi connectivity index (χ4v) is 1.89. The number of amides is 1. The zero-order valence-electron chi connectivity index (χ0n) is 11.9. The average molecular weight is 284 g/mol. The van der Waals surface area contributed by atoms with Crippen LogP contribution in [0.3, 0.4) is 0 Å². The zero-order valence-corrected chi connectivity index (χ0v) is 11.9. The van der Waals surface area contributed by atoms with Crippen molar-refractivity contribution in [2.45, 2.75) is 13.3 Å². The van der Waals surface area contributed by atoms with Crippen molar-refractivity contribution >= 4 is 22.8 Å². The first-order valence-corrected chi connectivity index (χ1v) is 6.54. The number of hydrogen-bond acceptors (Lipinski definition) is 3. The Labute approximate surface area is 122 Å². The Morgan fingerprint density at radius 3 is 2.86 bits per heavy atom. The minimum Gasteiger partial charge on any atom is -0.464 e. The first-order valence-electron chi connectivity index (χ1n) is 6.54. The van der Waals surface area contributed by atoms with E-state index in [1.807, 2.05) is 18.2 Å². The third-order valence-corrected chi connectivity index (χ3v) is 2.88. The molecule has 0 saturated carbocycles. The van der Waals surface area contributed by atoms with Crippen molar-refractivity contribution in [2.75, 3.05) is 13.7 Å². The fraction of sp³-hybridized carbons (Fsp3) is 0.250. The Kier molecular flexibility index (Phi) is 4.62. The molecule has 0 aliphatic rings. The van der Waals surface area contributed by atoms with Gasteiger partial charge in [-0.25, -0.2) is 4.79 Å². The molecule has 1 aromatic heterocycles. The molecule has 1 heterocycles. The summed E-state index contributed by atoms with van der Waals surface area (Å²) in [7, 11) is 1.35. The number of fused-ring (bicyclic) bond motifs is 1. The van der Waals surface area contributed by atoms with E-state index in [0.717, 1.165) is 16.5 Å². The van der Waals surface area contributed by atoms with Crippen molar-refractivity contribution in [3.05, 3.63) is 35.5 Å². The molecule has 0 aliphatic heterocycles. The summed E-state index contributed by atoms with van der Waals surface area (Å²) < 4.78 is 4.67. The predicted molar refractivity (Wildman–Crippen MR) is 79.8 cm³/mol. The van der Waals surface area contributed by atoms with E-state index in [9.17, 15) is 9.59 Å². The van der Waals surface area contributed by atoms with Crippen LogP contribution in [-0.4, -0.2) is 30.5 Å². The molecule has 5 heteroatoms. The molecule has 1 aromatic carbocycles. The number of H-pyrrole nitrogens is 1. The average Bonchev–Trinajstić information content (AvgIpc) is 2.88. The summed E-state index contributed by atoms with van der Waals surface area (Å²) in [6.45, 7) is 2.02. The van der Waals surface area contributed by atoms with Gasteiger partial charge in [0.2, 0.25) is 5.91 Å². The van der Waals surface area contributed by atoms with Gasteiger partial charge in [0.05, 0.1) is 7.11 Å². The lowest BCUT2D eigenvalue weighted by Crippen LogP contribution is -2.20. The Morgan fingerprint density at radius 1 is 1.33 bits per heavy atom. The van der Waals surface area contributed by atoms with Crippen molar-refractivity contribution in [3.63, 3.8) is 0 Å². The quantitative estimate of drug-likeness (QED) is 0.513. The molecule has 0 aliphatic carbocycles. The molecule has 0 radical (unpaired) electrons. The first-order chi connectivity index (χ1) is 10.1. The maximum Gasteiger partial charge on any atom is 0.354 e. The number of rotatable bonds is 3. The van der Waals surface area contributed by atoms with E-state index in [1.165, 1.54) is 14.0 Å². The van der Waals surface area contributed by atoms with Gasteiger partial charge in [0, 0.05) is 36.4 Å². The monoisotopic (exact) mass is 284 g/mol. The summed E-state index contributed by atoms with van der Waals surface area (Å²) in [6, 6.07) is 7.42. The van der Waals surface area contributed by atoms with Gasteiger partial charge in [0.1, 0.15) is 5.69 Å². The van der Waals surface area contributed by atoms with Crippen LogP contribution in [0.2, 0.25) is 0 Å². The number of nitrogens with one attached hydrogen (secondary N) is 2. The van der Waals surface area contributed by atoms with Crippen LogP contribution in [0.1, 0.15) is 29.4 Å². The van der Waals surface area contributed by atoms with E-state index in [4.69, 9.17) is 0 Å². The number of benzene rings is 1. The Bertz CT molecular complexity index is 735. The molecule has 2 N–H and O–H groups in total. The van der Waals surface area contributed by atoms with Gasteiger partial charge in [-0.15, -0.1) is 0 Å². The number of carbonyl (C=O) groups excluding carboxylic acids is 2. The smallest absolute Gasteiger partial charge is 0.354 e. The van der Waals surface area contributed by atoms with Gasteiger partial charge < -0.3 is 15.0 Å². The summed E-state index contributed by atoms with van der Waals surface area (Å²) in [5, 5.41) is 3.61. The maximum atomic E-state index is 11.5. The van der Waals surface area contributed by atoms with Crippen LogP contribution in [0, 0.1) is 11.8 Å². The van der Waals surface area contributed by atoms with E-state index < -0.39 is 5.97 Å². The lowest BCUT2D eigenvalue weighted by Gasteiger charge is -1.95. The summed E-state index contributed by atoms with van der Waals surface area (Å²) in [4.78, 5) is 25.2. The molecule has 21 heavy (non-hydrogen) atoms. The minimum atomic E-state index is -0.394. The van der Waals surface area contributed by atoms with Gasteiger partial charge in [-0.3, -0.25) is 4.79 Å². The Balaban J connectivity index is 2.10. The number of carbonyl (C=O) groups is 2. The van der Waals surface area contributed by atoms with Gasteiger partial charge in [-0.1, -0.05) is 17.9 Å². The Morgan fingerprint density at radius 2 is 2.14 bits per heavy atom. The molecule has 0 saturated heterocycles. The van der Waals surface area contributed by atoms with E-state index in [1.54, 1.807) is 6.07 Å².